The van der Waals surface area contributed by atoms with Gasteiger partial charge in [0.2, 0.25) is 5.91 Å². The third-order valence-electron chi connectivity index (χ3n) is 6.35. The number of piperidine rings is 1. The molecular formula is C23H31N3O3. The molecule has 1 aromatic heterocycles. The molecule has 1 atom stereocenters. The highest BCUT2D eigenvalue weighted by atomic mass is 16.5. The molecule has 1 aliphatic carbocycles. The summed E-state index contributed by atoms with van der Waals surface area (Å²) in [5, 5.41) is 4.23. The second-order valence-electron chi connectivity index (χ2n) is 8.80. The number of carbonyl (C=O) groups is 1. The number of amides is 1. The van der Waals surface area contributed by atoms with Crippen LogP contribution < -0.4 is 4.74 Å². The fraction of sp³-hybridized carbons (Fsp3) is 0.609. The molecule has 2 fully saturated rings. The van der Waals surface area contributed by atoms with Gasteiger partial charge in [0.25, 0.3) is 5.89 Å². The molecule has 2 aromatic rings. The Labute approximate surface area is 172 Å². The van der Waals surface area contributed by atoms with Crippen molar-refractivity contribution in [2.75, 3.05) is 13.1 Å². The van der Waals surface area contributed by atoms with E-state index in [1.165, 1.54) is 32.1 Å². The molecule has 1 saturated heterocycles. The molecule has 2 heterocycles. The minimum Gasteiger partial charge on any atom is -0.484 e. The zero-order chi connectivity index (χ0) is 20.1. The monoisotopic (exact) mass is 397 g/mol. The van der Waals surface area contributed by atoms with Crippen LogP contribution in [-0.2, 0) is 16.8 Å². The summed E-state index contributed by atoms with van der Waals surface area (Å²) in [4.78, 5) is 19.5. The average molecular weight is 398 g/mol. The van der Waals surface area contributed by atoms with Crippen LogP contribution in [0, 0.1) is 5.92 Å². The topological polar surface area (TPSA) is 68.5 Å². The maximum atomic E-state index is 12.9. The van der Waals surface area contributed by atoms with E-state index in [0.717, 1.165) is 25.1 Å². The number of hydrogen-bond acceptors (Lipinski definition) is 5. The Balaban J connectivity index is 1.36. The molecule has 0 bridgehead atoms. The van der Waals surface area contributed by atoms with Crippen LogP contribution >= 0.6 is 0 Å². The van der Waals surface area contributed by atoms with Gasteiger partial charge < -0.3 is 14.2 Å². The Morgan fingerprint density at radius 3 is 2.79 bits per heavy atom. The van der Waals surface area contributed by atoms with Crippen LogP contribution in [0.1, 0.15) is 70.0 Å². The van der Waals surface area contributed by atoms with Gasteiger partial charge in [-0.3, -0.25) is 4.79 Å². The largest absolute Gasteiger partial charge is 0.484 e. The lowest BCUT2D eigenvalue weighted by Crippen LogP contribution is -2.48. The van der Waals surface area contributed by atoms with Crippen LogP contribution in [0.5, 0.6) is 5.75 Å². The van der Waals surface area contributed by atoms with E-state index in [4.69, 9.17) is 9.26 Å². The highest BCUT2D eigenvalue weighted by Crippen LogP contribution is 2.33. The Hall–Kier alpha value is -2.37. The van der Waals surface area contributed by atoms with Crippen LogP contribution in [0.2, 0.25) is 0 Å². The van der Waals surface area contributed by atoms with Gasteiger partial charge in [-0.1, -0.05) is 49.5 Å². The molecule has 1 saturated carbocycles. The Morgan fingerprint density at radius 2 is 2.00 bits per heavy atom. The summed E-state index contributed by atoms with van der Waals surface area (Å²) in [5.41, 5.74) is -0.269. The second kappa shape index (κ2) is 8.97. The van der Waals surface area contributed by atoms with E-state index in [9.17, 15) is 4.79 Å². The molecule has 4 rings (SSSR count). The average Bonchev–Trinajstić information content (AvgIpc) is 3.24. The molecule has 29 heavy (non-hydrogen) atoms. The number of nitrogens with zero attached hydrogens (tertiary/aromatic N) is 3. The van der Waals surface area contributed by atoms with Crippen molar-refractivity contribution >= 4 is 5.91 Å². The summed E-state index contributed by atoms with van der Waals surface area (Å²) < 4.78 is 11.1. The van der Waals surface area contributed by atoms with Crippen molar-refractivity contribution in [3.05, 3.63) is 42.0 Å². The van der Waals surface area contributed by atoms with E-state index >= 15 is 0 Å². The summed E-state index contributed by atoms with van der Waals surface area (Å²) in [5.74, 6) is 2.78. The van der Waals surface area contributed by atoms with E-state index in [2.05, 4.69) is 17.1 Å². The van der Waals surface area contributed by atoms with Crippen LogP contribution in [-0.4, -0.2) is 34.0 Å². The number of hydrogen-bond donors (Lipinski definition) is 0. The minimum absolute atomic E-state index is 0.247. The van der Waals surface area contributed by atoms with Crippen molar-refractivity contribution in [3.63, 3.8) is 0 Å². The summed E-state index contributed by atoms with van der Waals surface area (Å²) in [6.07, 6.45) is 8.88. The lowest BCUT2D eigenvalue weighted by atomic mass is 9.80. The molecule has 0 radical (unpaired) electrons. The van der Waals surface area contributed by atoms with Gasteiger partial charge in [0.15, 0.2) is 12.4 Å². The number of benzene rings is 1. The molecule has 2 aliphatic rings. The molecule has 156 valence electrons. The summed E-state index contributed by atoms with van der Waals surface area (Å²) in [6, 6.07) is 9.60. The minimum atomic E-state index is -0.269. The van der Waals surface area contributed by atoms with Gasteiger partial charge in [-0.2, -0.15) is 4.98 Å². The Kier molecular flexibility index (Phi) is 6.16. The number of ether oxygens (including phenoxy) is 1. The highest BCUT2D eigenvalue weighted by Gasteiger charge is 2.38. The molecule has 6 heteroatoms. The predicted molar refractivity (Wildman–Crippen MR) is 109 cm³/mol. The van der Waals surface area contributed by atoms with E-state index in [1.54, 1.807) is 0 Å². The van der Waals surface area contributed by atoms with Crippen LogP contribution in [0.3, 0.4) is 0 Å². The maximum absolute atomic E-state index is 12.9. The van der Waals surface area contributed by atoms with Gasteiger partial charge in [0.1, 0.15) is 5.75 Å². The number of rotatable bonds is 6. The first-order valence-corrected chi connectivity index (χ1v) is 10.9. The summed E-state index contributed by atoms with van der Waals surface area (Å²) >= 11 is 0. The molecular weight excluding hydrogens is 366 g/mol. The van der Waals surface area contributed by atoms with Gasteiger partial charge in [0, 0.05) is 24.9 Å². The summed E-state index contributed by atoms with van der Waals surface area (Å²) in [6.45, 7) is 3.89. The summed E-state index contributed by atoms with van der Waals surface area (Å²) in [7, 11) is 0. The lowest BCUT2D eigenvalue weighted by Gasteiger charge is -2.39. The van der Waals surface area contributed by atoms with Crippen LogP contribution in [0.15, 0.2) is 34.9 Å². The quantitative estimate of drug-likeness (QED) is 0.718. The maximum Gasteiger partial charge on any atom is 0.264 e. The molecule has 0 spiro atoms. The van der Waals surface area contributed by atoms with Gasteiger partial charge in [-0.05, 0) is 43.7 Å². The SMILES string of the molecule is CC1(c2noc(COc3ccccc3)n2)CCCN(C(=O)CC2CCCCC2)C1. The lowest BCUT2D eigenvalue weighted by molar-refractivity contribution is -0.134. The zero-order valence-electron chi connectivity index (χ0n) is 17.3. The van der Waals surface area contributed by atoms with Crippen molar-refractivity contribution < 1.29 is 14.1 Å². The van der Waals surface area contributed by atoms with E-state index in [0.29, 0.717) is 36.5 Å². The van der Waals surface area contributed by atoms with Crippen molar-refractivity contribution in [2.45, 2.75) is 70.3 Å². The van der Waals surface area contributed by atoms with Crippen molar-refractivity contribution in [1.29, 1.82) is 0 Å². The number of para-hydroxylation sites is 1. The number of likely N-dealkylation sites (tertiary alicyclic amines) is 1. The second-order valence-corrected chi connectivity index (χ2v) is 8.80. The van der Waals surface area contributed by atoms with Crippen molar-refractivity contribution in [1.82, 2.24) is 15.0 Å². The zero-order valence-corrected chi connectivity index (χ0v) is 17.3. The molecule has 1 aromatic carbocycles. The van der Waals surface area contributed by atoms with Gasteiger partial charge in [-0.25, -0.2) is 0 Å². The molecule has 1 amide bonds. The fourth-order valence-electron chi connectivity index (χ4n) is 4.62. The normalized spacial score (nSPS) is 23.1. The standard InChI is InChI=1S/C23H31N3O3/c1-23(22-24-20(29-25-22)16-28-19-11-6-3-7-12-19)13-8-14-26(17-23)21(27)15-18-9-4-2-5-10-18/h3,6-7,11-12,18H,2,4-5,8-10,13-17H2,1H3. The fourth-order valence-corrected chi connectivity index (χ4v) is 4.62. The van der Waals surface area contributed by atoms with E-state index < -0.39 is 0 Å². The van der Waals surface area contributed by atoms with E-state index in [-0.39, 0.29) is 12.0 Å². The third-order valence-corrected chi connectivity index (χ3v) is 6.35. The highest BCUT2D eigenvalue weighted by molar-refractivity contribution is 5.76. The Morgan fingerprint density at radius 1 is 1.21 bits per heavy atom. The first-order chi connectivity index (χ1) is 14.1. The van der Waals surface area contributed by atoms with Crippen LogP contribution in [0.4, 0.5) is 0 Å². The Bertz CT molecular complexity index is 801. The molecule has 1 aliphatic heterocycles. The van der Waals surface area contributed by atoms with E-state index in [1.807, 2.05) is 35.2 Å². The van der Waals surface area contributed by atoms with Gasteiger partial charge in [-0.15, -0.1) is 0 Å². The van der Waals surface area contributed by atoms with Gasteiger partial charge in [0.05, 0.1) is 0 Å². The number of carbonyl (C=O) groups excluding carboxylic acids is 1. The predicted octanol–water partition coefficient (Wildman–Crippen LogP) is 4.50. The van der Waals surface area contributed by atoms with Crippen molar-refractivity contribution in [3.8, 4) is 5.75 Å². The first-order valence-electron chi connectivity index (χ1n) is 10.9. The number of aromatic nitrogens is 2. The smallest absolute Gasteiger partial charge is 0.264 e. The molecule has 0 N–H and O–H groups in total. The third kappa shape index (κ3) is 4.98. The van der Waals surface area contributed by atoms with Crippen LogP contribution in [0.25, 0.3) is 0 Å². The first kappa shape index (κ1) is 19.9. The molecule has 6 nitrogen and oxygen atoms in total. The molecule has 1 unspecified atom stereocenters. The van der Waals surface area contributed by atoms with Crippen molar-refractivity contribution in [2.24, 2.45) is 5.92 Å². The van der Waals surface area contributed by atoms with Gasteiger partial charge >= 0.3 is 0 Å².